The number of aromatic nitrogens is 2. The average Bonchev–Trinajstić information content (AvgIpc) is 3.14. The number of methoxy groups -OCH3 is 1. The summed E-state index contributed by atoms with van der Waals surface area (Å²) in [6, 6.07) is 21.9. The maximum atomic E-state index is 12.7. The highest BCUT2D eigenvalue weighted by Crippen LogP contribution is 2.24. The molecule has 0 aliphatic rings. The summed E-state index contributed by atoms with van der Waals surface area (Å²) >= 11 is 0. The number of hydrogen-bond acceptors (Lipinski definition) is 4. The van der Waals surface area contributed by atoms with E-state index in [2.05, 4.69) is 16.0 Å². The lowest BCUT2D eigenvalue weighted by molar-refractivity contribution is -0.117. The molecule has 0 aliphatic heterocycles. The lowest BCUT2D eigenvalue weighted by atomic mass is 10.1. The minimum atomic E-state index is -0.0479. The number of ether oxygens (including phenoxy) is 1. The Morgan fingerprint density at radius 1 is 1.03 bits per heavy atom. The van der Waals surface area contributed by atoms with E-state index in [1.54, 1.807) is 7.11 Å². The van der Waals surface area contributed by atoms with Crippen LogP contribution in [0.2, 0.25) is 0 Å². The van der Waals surface area contributed by atoms with Gasteiger partial charge in [-0.05, 0) is 74.5 Å². The zero-order chi connectivity index (χ0) is 22.7. The van der Waals surface area contributed by atoms with Crippen molar-refractivity contribution < 1.29 is 9.53 Å². The van der Waals surface area contributed by atoms with E-state index in [9.17, 15) is 4.79 Å². The molecule has 4 aromatic rings. The van der Waals surface area contributed by atoms with Crippen molar-refractivity contribution in [1.29, 1.82) is 0 Å². The largest absolute Gasteiger partial charge is 0.497 e. The number of likely N-dealkylation sites (N-methyl/N-ethyl adjacent to an activating group) is 1. The van der Waals surface area contributed by atoms with E-state index in [-0.39, 0.29) is 12.5 Å². The summed E-state index contributed by atoms with van der Waals surface area (Å²) in [6.45, 7) is 4.85. The molecule has 164 valence electrons. The van der Waals surface area contributed by atoms with E-state index in [0.29, 0.717) is 6.54 Å². The lowest BCUT2D eigenvalue weighted by Gasteiger charge is -2.18. The minimum Gasteiger partial charge on any atom is -0.497 e. The first-order valence-corrected chi connectivity index (χ1v) is 10.6. The van der Waals surface area contributed by atoms with Gasteiger partial charge in [0.15, 0.2) is 0 Å². The van der Waals surface area contributed by atoms with Crippen LogP contribution in [0, 0.1) is 13.8 Å². The van der Waals surface area contributed by atoms with Crippen molar-refractivity contribution in [2.24, 2.45) is 0 Å². The standard InChI is InChI=1S/C26H28N4O2/c1-18-8-7-10-22(19(18)2)28-26(31)17-29(3)16-25-27-23-9-5-6-11-24(23)30(25)20-12-14-21(32-4)15-13-20/h5-15H,16-17H2,1-4H3,(H,28,31). The molecule has 0 unspecified atom stereocenters. The minimum absolute atomic E-state index is 0.0479. The Morgan fingerprint density at radius 3 is 2.53 bits per heavy atom. The second-order valence-electron chi connectivity index (χ2n) is 8.02. The van der Waals surface area contributed by atoms with Crippen LogP contribution in [0.15, 0.2) is 66.7 Å². The van der Waals surface area contributed by atoms with Gasteiger partial charge in [0.05, 0.1) is 31.2 Å². The highest BCUT2D eigenvalue weighted by atomic mass is 16.5. The first-order valence-electron chi connectivity index (χ1n) is 10.6. The summed E-state index contributed by atoms with van der Waals surface area (Å²) in [7, 11) is 3.59. The Labute approximate surface area is 188 Å². The Morgan fingerprint density at radius 2 is 1.78 bits per heavy atom. The fraction of sp³-hybridized carbons (Fsp3) is 0.231. The van der Waals surface area contributed by atoms with Crippen molar-refractivity contribution >= 4 is 22.6 Å². The Balaban J connectivity index is 1.55. The predicted molar refractivity (Wildman–Crippen MR) is 129 cm³/mol. The molecular weight excluding hydrogens is 400 g/mol. The molecule has 3 aromatic carbocycles. The van der Waals surface area contributed by atoms with Crippen molar-refractivity contribution in [3.63, 3.8) is 0 Å². The van der Waals surface area contributed by atoms with Crippen molar-refractivity contribution in [3.05, 3.63) is 83.7 Å². The summed E-state index contributed by atoms with van der Waals surface area (Å²) in [5, 5.41) is 3.03. The van der Waals surface area contributed by atoms with Gasteiger partial charge in [0.25, 0.3) is 0 Å². The molecule has 0 aliphatic carbocycles. The molecule has 6 nitrogen and oxygen atoms in total. The maximum absolute atomic E-state index is 12.7. The summed E-state index contributed by atoms with van der Waals surface area (Å²) < 4.78 is 7.43. The first-order chi connectivity index (χ1) is 15.5. The second-order valence-corrected chi connectivity index (χ2v) is 8.02. The number of aryl methyl sites for hydroxylation is 1. The third kappa shape index (κ3) is 4.50. The molecule has 1 heterocycles. The molecular formula is C26H28N4O2. The SMILES string of the molecule is COc1ccc(-n2c(CN(C)CC(=O)Nc3cccc(C)c3C)nc3ccccc32)cc1. The van der Waals surface area contributed by atoms with Crippen LogP contribution in [-0.4, -0.2) is 41.1 Å². The van der Waals surface area contributed by atoms with E-state index in [0.717, 1.165) is 45.1 Å². The Bertz CT molecular complexity index is 1240. The summed E-state index contributed by atoms with van der Waals surface area (Å²) in [5.41, 5.74) is 6.05. The number of fused-ring (bicyclic) bond motifs is 1. The number of imidazole rings is 1. The number of hydrogen-bond donors (Lipinski definition) is 1. The third-order valence-electron chi connectivity index (χ3n) is 5.66. The Hall–Kier alpha value is -3.64. The molecule has 1 amide bonds. The molecule has 6 heteroatoms. The quantitative estimate of drug-likeness (QED) is 0.463. The summed E-state index contributed by atoms with van der Waals surface area (Å²) in [5.74, 6) is 1.63. The molecule has 0 atom stereocenters. The van der Waals surface area contributed by atoms with Gasteiger partial charge in [-0.1, -0.05) is 24.3 Å². The van der Waals surface area contributed by atoms with Gasteiger partial charge in [-0.3, -0.25) is 14.3 Å². The van der Waals surface area contributed by atoms with Crippen LogP contribution in [0.5, 0.6) is 5.75 Å². The van der Waals surface area contributed by atoms with E-state index < -0.39 is 0 Å². The fourth-order valence-corrected chi connectivity index (χ4v) is 3.82. The number of anilines is 1. The monoisotopic (exact) mass is 428 g/mol. The van der Waals surface area contributed by atoms with E-state index in [1.807, 2.05) is 86.5 Å². The molecule has 0 saturated heterocycles. The highest BCUT2D eigenvalue weighted by molar-refractivity contribution is 5.93. The number of carbonyl (C=O) groups excluding carboxylic acids is 1. The molecule has 4 rings (SSSR count). The van der Waals surface area contributed by atoms with Gasteiger partial charge in [-0.2, -0.15) is 0 Å². The molecule has 0 fully saturated rings. The van der Waals surface area contributed by atoms with Gasteiger partial charge in [0, 0.05) is 11.4 Å². The fourth-order valence-electron chi connectivity index (χ4n) is 3.82. The van der Waals surface area contributed by atoms with Crippen molar-refractivity contribution in [2.75, 3.05) is 26.0 Å². The number of nitrogens with one attached hydrogen (secondary N) is 1. The van der Waals surface area contributed by atoms with E-state index >= 15 is 0 Å². The molecule has 32 heavy (non-hydrogen) atoms. The first kappa shape index (κ1) is 21.6. The maximum Gasteiger partial charge on any atom is 0.238 e. The van der Waals surface area contributed by atoms with Crippen LogP contribution in [0.3, 0.4) is 0 Å². The van der Waals surface area contributed by atoms with Crippen molar-refractivity contribution in [3.8, 4) is 11.4 Å². The van der Waals surface area contributed by atoms with Crippen LogP contribution in [0.1, 0.15) is 17.0 Å². The molecule has 0 radical (unpaired) electrons. The number of nitrogens with zero attached hydrogens (tertiary/aromatic N) is 3. The molecule has 0 saturated carbocycles. The predicted octanol–water partition coefficient (Wildman–Crippen LogP) is 4.72. The van der Waals surface area contributed by atoms with Gasteiger partial charge >= 0.3 is 0 Å². The number of rotatable bonds is 7. The van der Waals surface area contributed by atoms with Crippen LogP contribution in [0.25, 0.3) is 16.7 Å². The summed E-state index contributed by atoms with van der Waals surface area (Å²) in [4.78, 5) is 19.5. The van der Waals surface area contributed by atoms with Gasteiger partial charge in [-0.25, -0.2) is 4.98 Å². The normalized spacial score (nSPS) is 11.2. The van der Waals surface area contributed by atoms with Gasteiger partial charge in [0.1, 0.15) is 11.6 Å². The van der Waals surface area contributed by atoms with Crippen molar-refractivity contribution in [1.82, 2.24) is 14.5 Å². The van der Waals surface area contributed by atoms with E-state index in [4.69, 9.17) is 9.72 Å². The molecule has 1 aromatic heterocycles. The number of amides is 1. The zero-order valence-electron chi connectivity index (χ0n) is 18.9. The third-order valence-corrected chi connectivity index (χ3v) is 5.66. The highest BCUT2D eigenvalue weighted by Gasteiger charge is 2.16. The molecule has 0 bridgehead atoms. The summed E-state index contributed by atoms with van der Waals surface area (Å²) in [6.07, 6.45) is 0. The van der Waals surface area contributed by atoms with Crippen LogP contribution in [0.4, 0.5) is 5.69 Å². The molecule has 1 N–H and O–H groups in total. The van der Waals surface area contributed by atoms with Crippen LogP contribution >= 0.6 is 0 Å². The Kier molecular flexibility index (Phi) is 6.23. The van der Waals surface area contributed by atoms with Crippen LogP contribution < -0.4 is 10.1 Å². The zero-order valence-corrected chi connectivity index (χ0v) is 18.9. The van der Waals surface area contributed by atoms with Crippen LogP contribution in [-0.2, 0) is 11.3 Å². The van der Waals surface area contributed by atoms with E-state index in [1.165, 1.54) is 0 Å². The average molecular weight is 429 g/mol. The number of carbonyl (C=O) groups is 1. The second kappa shape index (κ2) is 9.24. The van der Waals surface area contributed by atoms with Crippen molar-refractivity contribution in [2.45, 2.75) is 20.4 Å². The van der Waals surface area contributed by atoms with Gasteiger partial charge in [0.2, 0.25) is 5.91 Å². The van der Waals surface area contributed by atoms with Gasteiger partial charge < -0.3 is 10.1 Å². The lowest BCUT2D eigenvalue weighted by Crippen LogP contribution is -2.31. The molecule has 0 spiro atoms. The van der Waals surface area contributed by atoms with Gasteiger partial charge in [-0.15, -0.1) is 0 Å². The topological polar surface area (TPSA) is 59.4 Å². The smallest absolute Gasteiger partial charge is 0.238 e. The number of benzene rings is 3. The number of para-hydroxylation sites is 2.